The molecule has 14 nitrogen and oxygen atoms in total. The summed E-state index contributed by atoms with van der Waals surface area (Å²) in [7, 11) is 1.69. The van der Waals surface area contributed by atoms with Crippen molar-refractivity contribution in [1.29, 1.82) is 0 Å². The van der Waals surface area contributed by atoms with Crippen LogP contribution in [0.25, 0.3) is 22.5 Å². The van der Waals surface area contributed by atoms with Crippen molar-refractivity contribution >= 4 is 29.4 Å². The number of carbonyl (C=O) groups excluding carboxylic acids is 4. The number of rotatable bonds is 22. The number of nitrogens with one attached hydrogen (secondary N) is 3. The number of likely N-dealkylation sites (N-methyl/N-ethyl adjacent to an activating group) is 1. The van der Waals surface area contributed by atoms with Crippen molar-refractivity contribution in [2.75, 3.05) is 44.9 Å². The van der Waals surface area contributed by atoms with Crippen LogP contribution in [-0.4, -0.2) is 95.9 Å². The molecule has 3 aromatic rings. The van der Waals surface area contributed by atoms with Gasteiger partial charge < -0.3 is 35.1 Å². The van der Waals surface area contributed by atoms with E-state index in [0.717, 1.165) is 42.5 Å². The predicted octanol–water partition coefficient (Wildman–Crippen LogP) is 5.82. The van der Waals surface area contributed by atoms with Gasteiger partial charge in [-0.15, -0.1) is 5.10 Å². The molecule has 1 aromatic heterocycles. The van der Waals surface area contributed by atoms with Crippen molar-refractivity contribution in [1.82, 2.24) is 30.9 Å². The number of carbonyl (C=O) groups is 4. The minimum Gasteiger partial charge on any atom is -0.448 e. The summed E-state index contributed by atoms with van der Waals surface area (Å²) < 4.78 is 18.7. The molecule has 1 aliphatic rings. The highest BCUT2D eigenvalue weighted by molar-refractivity contribution is 6.01. The van der Waals surface area contributed by atoms with Crippen LogP contribution in [-0.2, 0) is 41.7 Å². The highest BCUT2D eigenvalue weighted by Gasteiger charge is 2.29. The lowest BCUT2D eigenvalue weighted by Crippen LogP contribution is -2.35. The zero-order valence-electron chi connectivity index (χ0n) is 34.2. The van der Waals surface area contributed by atoms with Gasteiger partial charge in [-0.05, 0) is 84.9 Å². The first-order valence-electron chi connectivity index (χ1n) is 19.8. The standard InChI is InChI=1S/C42H61N7O7/c1-8-43-34(30(2)50)18-13-14-24-45-40(53)55-28-26-49-39-33-17-11-12-19-35(33)48(29-31-15-9-10-16-32(31)38(39)46-47-49)37(52)21-20-36(51)44-25-22-42(5,6)56-27-23-41(3,4)54-7/h9-12,15-17,19,34,43H,8,13-14,18,20-29H2,1-7H3,(H,44,51)(H,45,53). The molecule has 0 spiro atoms. The second-order valence-electron chi connectivity index (χ2n) is 15.4. The topological polar surface area (TPSA) is 166 Å². The lowest BCUT2D eigenvalue weighted by atomic mass is 9.95. The fourth-order valence-electron chi connectivity index (χ4n) is 6.52. The average Bonchev–Trinajstić information content (AvgIpc) is 3.57. The maximum atomic E-state index is 14.0. The van der Waals surface area contributed by atoms with E-state index in [1.807, 2.05) is 83.1 Å². The van der Waals surface area contributed by atoms with Gasteiger partial charge in [0.15, 0.2) is 0 Å². The third-order valence-electron chi connectivity index (χ3n) is 10.1. The summed E-state index contributed by atoms with van der Waals surface area (Å²) in [6.45, 7) is 14.3. The minimum absolute atomic E-state index is 0.0224. The Morgan fingerprint density at radius 2 is 1.61 bits per heavy atom. The molecular formula is C42H61N7O7. The number of fused-ring (bicyclic) bond motifs is 5. The maximum Gasteiger partial charge on any atom is 0.407 e. The van der Waals surface area contributed by atoms with E-state index < -0.39 is 11.7 Å². The van der Waals surface area contributed by atoms with E-state index in [2.05, 4.69) is 26.3 Å². The molecule has 0 fully saturated rings. The van der Waals surface area contributed by atoms with Crippen molar-refractivity contribution in [3.63, 3.8) is 0 Å². The number of alkyl carbamates (subject to hydrolysis) is 1. The van der Waals surface area contributed by atoms with Gasteiger partial charge in [0.25, 0.3) is 0 Å². The number of Topliss-reactive ketones (excluding diaryl/α,β-unsaturated/α-hetero) is 1. The largest absolute Gasteiger partial charge is 0.448 e. The summed E-state index contributed by atoms with van der Waals surface area (Å²) >= 11 is 0. The Labute approximate surface area is 331 Å². The van der Waals surface area contributed by atoms with Crippen LogP contribution in [0.4, 0.5) is 10.5 Å². The van der Waals surface area contributed by atoms with Gasteiger partial charge in [0.05, 0.1) is 48.3 Å². The fraction of sp³-hybridized carbons (Fsp3) is 0.571. The van der Waals surface area contributed by atoms with Gasteiger partial charge in [0.1, 0.15) is 18.1 Å². The third kappa shape index (κ3) is 13.0. The number of unbranched alkanes of at least 4 members (excludes halogenated alkanes) is 1. The van der Waals surface area contributed by atoms with Crippen LogP contribution in [0, 0.1) is 0 Å². The van der Waals surface area contributed by atoms with Crippen LogP contribution in [0.5, 0.6) is 0 Å². The fourth-order valence-corrected chi connectivity index (χ4v) is 6.52. The Bertz CT molecular complexity index is 1770. The molecule has 2 heterocycles. The highest BCUT2D eigenvalue weighted by Crippen LogP contribution is 2.41. The van der Waals surface area contributed by atoms with Crippen LogP contribution in [0.3, 0.4) is 0 Å². The van der Waals surface area contributed by atoms with Crippen molar-refractivity contribution in [2.45, 2.75) is 117 Å². The van der Waals surface area contributed by atoms with Gasteiger partial charge in [0.2, 0.25) is 11.8 Å². The molecule has 0 bridgehead atoms. The summed E-state index contributed by atoms with van der Waals surface area (Å²) in [6.07, 6.45) is 3.13. The Morgan fingerprint density at radius 3 is 2.34 bits per heavy atom. The molecule has 2 aromatic carbocycles. The van der Waals surface area contributed by atoms with Crippen LogP contribution < -0.4 is 20.9 Å². The first-order chi connectivity index (χ1) is 26.7. The lowest BCUT2D eigenvalue weighted by Gasteiger charge is -2.29. The SMILES string of the molecule is CCNC(CCCCNC(=O)OCCn1nnc2c1-c1ccccc1N(C(=O)CCC(=O)NCCC(C)(C)OCCC(C)(C)OC)Cc1ccccc1-2)C(C)=O. The van der Waals surface area contributed by atoms with Crippen molar-refractivity contribution in [3.05, 3.63) is 54.1 Å². The molecule has 1 aliphatic heterocycles. The maximum absolute atomic E-state index is 14.0. The third-order valence-corrected chi connectivity index (χ3v) is 10.1. The molecule has 1 atom stereocenters. The zero-order chi connectivity index (χ0) is 40.7. The molecule has 0 aliphatic carbocycles. The van der Waals surface area contributed by atoms with Gasteiger partial charge in [0, 0.05) is 44.2 Å². The van der Waals surface area contributed by atoms with Crippen LogP contribution in [0.15, 0.2) is 48.5 Å². The second kappa shape index (κ2) is 21.0. The molecule has 14 heteroatoms. The average molecular weight is 776 g/mol. The first kappa shape index (κ1) is 44.1. The number of methoxy groups -OCH3 is 1. The molecular weight excluding hydrogens is 715 g/mol. The van der Waals surface area contributed by atoms with E-state index in [1.165, 1.54) is 0 Å². The number of benzene rings is 2. The first-order valence-corrected chi connectivity index (χ1v) is 19.8. The summed E-state index contributed by atoms with van der Waals surface area (Å²) in [5.74, 6) is -0.273. The van der Waals surface area contributed by atoms with Gasteiger partial charge in [-0.3, -0.25) is 14.4 Å². The number of para-hydroxylation sites is 1. The van der Waals surface area contributed by atoms with Gasteiger partial charge in [-0.2, -0.15) is 0 Å². The van der Waals surface area contributed by atoms with Crippen LogP contribution >= 0.6 is 0 Å². The predicted molar refractivity (Wildman–Crippen MR) is 216 cm³/mol. The molecule has 4 rings (SSSR count). The summed E-state index contributed by atoms with van der Waals surface area (Å²) in [5.41, 5.74) is 3.83. The van der Waals surface area contributed by atoms with E-state index in [4.69, 9.17) is 14.2 Å². The van der Waals surface area contributed by atoms with E-state index in [-0.39, 0.29) is 55.2 Å². The Hall–Kier alpha value is -4.66. The molecule has 1 unspecified atom stereocenters. The number of anilines is 1. The van der Waals surface area contributed by atoms with Crippen LogP contribution in [0.1, 0.15) is 92.1 Å². The lowest BCUT2D eigenvalue weighted by molar-refractivity contribution is -0.125. The highest BCUT2D eigenvalue weighted by atomic mass is 16.5. The van der Waals surface area contributed by atoms with Crippen molar-refractivity contribution < 1.29 is 33.4 Å². The van der Waals surface area contributed by atoms with Crippen molar-refractivity contribution in [2.24, 2.45) is 0 Å². The molecule has 0 saturated heterocycles. The van der Waals surface area contributed by atoms with Crippen molar-refractivity contribution in [3.8, 4) is 22.5 Å². The quantitative estimate of drug-likeness (QED) is 0.106. The molecule has 0 radical (unpaired) electrons. The van der Waals surface area contributed by atoms with E-state index in [1.54, 1.807) is 23.6 Å². The summed E-state index contributed by atoms with van der Waals surface area (Å²) in [6, 6.07) is 15.2. The Kier molecular flexibility index (Phi) is 16.5. The Balaban J connectivity index is 1.37. The van der Waals surface area contributed by atoms with Gasteiger partial charge in [-0.1, -0.05) is 54.6 Å². The van der Waals surface area contributed by atoms with Crippen LogP contribution in [0.2, 0.25) is 0 Å². The Morgan fingerprint density at radius 1 is 0.875 bits per heavy atom. The van der Waals surface area contributed by atoms with E-state index >= 15 is 0 Å². The normalized spacial score (nSPS) is 13.1. The van der Waals surface area contributed by atoms with Gasteiger partial charge >= 0.3 is 6.09 Å². The van der Waals surface area contributed by atoms with Gasteiger partial charge in [-0.25, -0.2) is 9.48 Å². The monoisotopic (exact) mass is 775 g/mol. The molecule has 0 saturated carbocycles. The van der Waals surface area contributed by atoms with E-state index in [0.29, 0.717) is 56.2 Å². The minimum atomic E-state index is -0.534. The van der Waals surface area contributed by atoms with E-state index in [9.17, 15) is 19.2 Å². The second-order valence-corrected chi connectivity index (χ2v) is 15.4. The molecule has 3 N–H and O–H groups in total. The number of ether oxygens (including phenoxy) is 3. The number of aromatic nitrogens is 3. The summed E-state index contributed by atoms with van der Waals surface area (Å²) in [5, 5.41) is 18.0. The number of amides is 3. The number of hydrogen-bond donors (Lipinski definition) is 3. The zero-order valence-corrected chi connectivity index (χ0v) is 34.2. The molecule has 56 heavy (non-hydrogen) atoms. The number of ketones is 1. The number of hydrogen-bond acceptors (Lipinski definition) is 10. The molecule has 306 valence electrons. The number of nitrogens with zero attached hydrogens (tertiary/aromatic N) is 4. The smallest absolute Gasteiger partial charge is 0.407 e. The molecule has 3 amide bonds. The summed E-state index contributed by atoms with van der Waals surface area (Å²) in [4.78, 5) is 52.9.